The average molecular weight is 214 g/mol. The number of guanidine groups is 1. The van der Waals surface area contributed by atoms with Crippen molar-refractivity contribution in [1.82, 2.24) is 10.7 Å². The van der Waals surface area contributed by atoms with Gasteiger partial charge in [-0.1, -0.05) is 24.3 Å². The van der Waals surface area contributed by atoms with Gasteiger partial charge in [0, 0.05) is 12.1 Å². The van der Waals surface area contributed by atoms with Gasteiger partial charge in [0.2, 0.25) is 5.96 Å². The van der Waals surface area contributed by atoms with Crippen molar-refractivity contribution in [2.75, 3.05) is 13.1 Å². The molecule has 0 fully saturated rings. The van der Waals surface area contributed by atoms with Gasteiger partial charge >= 0.3 is 0 Å². The Labute approximate surface area is 94.5 Å². The first kappa shape index (κ1) is 9.39. The second-order valence-electron chi connectivity index (χ2n) is 3.98. The number of aryl methyl sites for hydroxylation is 1. The van der Waals surface area contributed by atoms with Gasteiger partial charge in [-0.05, 0) is 18.4 Å². The lowest BCUT2D eigenvalue weighted by Gasteiger charge is -2.02. The Balaban J connectivity index is 1.79. The minimum atomic E-state index is 0.789. The zero-order chi connectivity index (χ0) is 10.8. The van der Waals surface area contributed by atoms with Crippen molar-refractivity contribution >= 4 is 11.7 Å². The van der Waals surface area contributed by atoms with Crippen LogP contribution in [0.15, 0.2) is 34.4 Å². The summed E-state index contributed by atoms with van der Waals surface area (Å²) in [5.74, 6) is 0.789. The largest absolute Gasteiger partial charge is 0.353 e. The SMILES string of the molecule is c1ccc2c(c1)CCC2=NNC1=NCCN1. The molecule has 0 saturated carbocycles. The quantitative estimate of drug-likeness (QED) is 0.682. The summed E-state index contributed by atoms with van der Waals surface area (Å²) in [6.45, 7) is 1.74. The lowest BCUT2D eigenvalue weighted by molar-refractivity contribution is 0.913. The van der Waals surface area contributed by atoms with Crippen LogP contribution < -0.4 is 10.7 Å². The molecule has 0 atom stereocenters. The maximum atomic E-state index is 4.42. The number of nitrogens with one attached hydrogen (secondary N) is 2. The molecule has 82 valence electrons. The van der Waals surface area contributed by atoms with Gasteiger partial charge in [-0.3, -0.25) is 0 Å². The molecule has 0 saturated heterocycles. The van der Waals surface area contributed by atoms with Crippen molar-refractivity contribution in [2.24, 2.45) is 10.1 Å². The van der Waals surface area contributed by atoms with E-state index in [4.69, 9.17) is 0 Å². The number of aliphatic imine (C=N–C) groups is 1. The number of rotatable bonds is 1. The van der Waals surface area contributed by atoms with Gasteiger partial charge in [0.05, 0.1) is 12.3 Å². The Bertz CT molecular complexity index is 462. The van der Waals surface area contributed by atoms with E-state index in [0.29, 0.717) is 0 Å². The predicted molar refractivity (Wildman–Crippen MR) is 64.7 cm³/mol. The molecule has 0 amide bonds. The highest BCUT2D eigenvalue weighted by Gasteiger charge is 2.16. The molecule has 0 radical (unpaired) electrons. The molecule has 1 aromatic rings. The number of benzene rings is 1. The smallest absolute Gasteiger partial charge is 0.212 e. The summed E-state index contributed by atoms with van der Waals surface area (Å²) in [5.41, 5.74) is 6.79. The molecule has 0 unspecified atom stereocenters. The summed E-state index contributed by atoms with van der Waals surface area (Å²) in [7, 11) is 0. The molecular formula is C12H14N4. The zero-order valence-electron chi connectivity index (χ0n) is 9.03. The first-order chi connectivity index (χ1) is 7.93. The van der Waals surface area contributed by atoms with Gasteiger partial charge in [-0.25, -0.2) is 10.4 Å². The first-order valence-corrected chi connectivity index (χ1v) is 5.63. The monoisotopic (exact) mass is 214 g/mol. The highest BCUT2D eigenvalue weighted by molar-refractivity contribution is 6.04. The molecule has 0 aromatic heterocycles. The predicted octanol–water partition coefficient (Wildman–Crippen LogP) is 0.886. The lowest BCUT2D eigenvalue weighted by Crippen LogP contribution is -2.30. The van der Waals surface area contributed by atoms with Gasteiger partial charge in [0.15, 0.2) is 0 Å². The van der Waals surface area contributed by atoms with Crippen LogP contribution in [0.25, 0.3) is 0 Å². The van der Waals surface area contributed by atoms with E-state index in [1.54, 1.807) is 0 Å². The van der Waals surface area contributed by atoms with Crippen LogP contribution in [0.1, 0.15) is 17.5 Å². The summed E-state index contributed by atoms with van der Waals surface area (Å²) in [6, 6.07) is 8.44. The van der Waals surface area contributed by atoms with Crippen LogP contribution in [-0.4, -0.2) is 24.8 Å². The van der Waals surface area contributed by atoms with Crippen molar-refractivity contribution in [3.63, 3.8) is 0 Å². The van der Waals surface area contributed by atoms with Crippen molar-refractivity contribution in [1.29, 1.82) is 0 Å². The maximum absolute atomic E-state index is 4.42. The van der Waals surface area contributed by atoms with Crippen molar-refractivity contribution in [3.05, 3.63) is 35.4 Å². The number of hydrazone groups is 1. The highest BCUT2D eigenvalue weighted by Crippen LogP contribution is 2.21. The molecule has 3 rings (SSSR count). The molecule has 1 aliphatic carbocycles. The van der Waals surface area contributed by atoms with E-state index in [-0.39, 0.29) is 0 Å². The van der Waals surface area contributed by atoms with Crippen LogP contribution in [0.3, 0.4) is 0 Å². The Kier molecular flexibility index (Phi) is 2.33. The molecule has 0 spiro atoms. The standard InChI is InChI=1S/C12H14N4/c1-2-4-10-9(3-1)5-6-11(10)15-16-12-13-7-8-14-12/h1-4H,5-8H2,(H2,13,14,16). The molecule has 1 aliphatic heterocycles. The number of fused-ring (bicyclic) bond motifs is 1. The van der Waals surface area contributed by atoms with Crippen LogP contribution in [-0.2, 0) is 6.42 Å². The van der Waals surface area contributed by atoms with E-state index in [2.05, 4.69) is 45.1 Å². The van der Waals surface area contributed by atoms with Gasteiger partial charge in [0.25, 0.3) is 0 Å². The minimum Gasteiger partial charge on any atom is -0.353 e. The zero-order valence-corrected chi connectivity index (χ0v) is 9.03. The molecule has 2 N–H and O–H groups in total. The van der Waals surface area contributed by atoms with E-state index in [9.17, 15) is 0 Å². The van der Waals surface area contributed by atoms with Crippen LogP contribution in [0.2, 0.25) is 0 Å². The first-order valence-electron chi connectivity index (χ1n) is 5.63. The Morgan fingerprint density at radius 2 is 2.19 bits per heavy atom. The van der Waals surface area contributed by atoms with Crippen molar-refractivity contribution in [2.45, 2.75) is 12.8 Å². The summed E-state index contributed by atoms with van der Waals surface area (Å²) >= 11 is 0. The van der Waals surface area contributed by atoms with E-state index in [1.165, 1.54) is 11.1 Å². The fourth-order valence-electron chi connectivity index (χ4n) is 2.12. The molecular weight excluding hydrogens is 200 g/mol. The second-order valence-corrected chi connectivity index (χ2v) is 3.98. The van der Waals surface area contributed by atoms with Gasteiger partial charge in [-0.15, -0.1) is 0 Å². The molecule has 16 heavy (non-hydrogen) atoms. The summed E-state index contributed by atoms with van der Waals surface area (Å²) in [6.07, 6.45) is 2.11. The van der Waals surface area contributed by atoms with Gasteiger partial charge in [0.1, 0.15) is 0 Å². The number of hydrogen-bond donors (Lipinski definition) is 2. The van der Waals surface area contributed by atoms with Gasteiger partial charge < -0.3 is 5.32 Å². The maximum Gasteiger partial charge on any atom is 0.212 e. The summed E-state index contributed by atoms with van der Waals surface area (Å²) in [4.78, 5) is 4.24. The Hall–Kier alpha value is -1.84. The fraction of sp³-hybridized carbons (Fsp3) is 0.333. The molecule has 4 heteroatoms. The van der Waals surface area contributed by atoms with E-state index in [0.717, 1.165) is 37.6 Å². The Morgan fingerprint density at radius 3 is 3.06 bits per heavy atom. The van der Waals surface area contributed by atoms with Crippen molar-refractivity contribution in [3.8, 4) is 0 Å². The minimum absolute atomic E-state index is 0.789. The van der Waals surface area contributed by atoms with Crippen LogP contribution in [0.5, 0.6) is 0 Å². The number of hydrogen-bond acceptors (Lipinski definition) is 4. The average Bonchev–Trinajstić information content (AvgIpc) is 2.96. The fourth-order valence-corrected chi connectivity index (χ4v) is 2.12. The highest BCUT2D eigenvalue weighted by atomic mass is 15.4. The summed E-state index contributed by atoms with van der Waals surface area (Å²) in [5, 5.41) is 7.56. The van der Waals surface area contributed by atoms with E-state index >= 15 is 0 Å². The number of nitrogens with zero attached hydrogens (tertiary/aromatic N) is 2. The Morgan fingerprint density at radius 1 is 1.25 bits per heavy atom. The third kappa shape index (κ3) is 1.66. The molecule has 1 aromatic carbocycles. The van der Waals surface area contributed by atoms with E-state index in [1.807, 2.05) is 0 Å². The van der Waals surface area contributed by atoms with Crippen LogP contribution in [0.4, 0.5) is 0 Å². The molecule has 4 nitrogen and oxygen atoms in total. The summed E-state index contributed by atoms with van der Waals surface area (Å²) < 4.78 is 0. The third-order valence-corrected chi connectivity index (χ3v) is 2.93. The normalized spacial score (nSPS) is 20.5. The third-order valence-electron chi connectivity index (χ3n) is 2.93. The van der Waals surface area contributed by atoms with Gasteiger partial charge in [-0.2, -0.15) is 5.10 Å². The molecule has 1 heterocycles. The van der Waals surface area contributed by atoms with Crippen molar-refractivity contribution < 1.29 is 0 Å². The second kappa shape index (κ2) is 3.96. The van der Waals surface area contributed by atoms with Crippen LogP contribution in [0, 0.1) is 0 Å². The van der Waals surface area contributed by atoms with Crippen LogP contribution >= 0.6 is 0 Å². The molecule has 0 bridgehead atoms. The molecule has 2 aliphatic rings. The van der Waals surface area contributed by atoms with E-state index < -0.39 is 0 Å². The topological polar surface area (TPSA) is 48.8 Å². The lowest BCUT2D eigenvalue weighted by atomic mass is 10.1.